The third kappa shape index (κ3) is 1.83. The molecule has 0 aromatic heterocycles. The van der Waals surface area contributed by atoms with E-state index in [9.17, 15) is 4.79 Å². The number of esters is 1. The highest BCUT2D eigenvalue weighted by molar-refractivity contribution is 9.10. The molecular weight excluding hydrogens is 268 g/mol. The molecule has 2 nitrogen and oxygen atoms in total. The van der Waals surface area contributed by atoms with E-state index in [4.69, 9.17) is 4.74 Å². The van der Waals surface area contributed by atoms with Crippen LogP contribution in [-0.2, 0) is 4.74 Å². The Morgan fingerprint density at radius 3 is 2.69 bits per heavy atom. The Kier molecular flexibility index (Phi) is 2.97. The van der Waals surface area contributed by atoms with Crippen molar-refractivity contribution in [3.63, 3.8) is 0 Å². The lowest BCUT2D eigenvalue weighted by Crippen LogP contribution is -2.00. The smallest absolute Gasteiger partial charge is 0.337 e. The van der Waals surface area contributed by atoms with Crippen LogP contribution in [0.5, 0.6) is 0 Å². The van der Waals surface area contributed by atoms with Crippen molar-refractivity contribution in [2.24, 2.45) is 0 Å². The van der Waals surface area contributed by atoms with Crippen molar-refractivity contribution in [1.29, 1.82) is 0 Å². The van der Waals surface area contributed by atoms with Gasteiger partial charge in [0.25, 0.3) is 0 Å². The Hall–Kier alpha value is -1.35. The summed E-state index contributed by atoms with van der Waals surface area (Å²) in [7, 11) is 1.39. The van der Waals surface area contributed by atoms with E-state index in [2.05, 4.69) is 15.9 Å². The van der Waals surface area contributed by atoms with E-state index in [-0.39, 0.29) is 5.97 Å². The van der Waals surface area contributed by atoms with Gasteiger partial charge >= 0.3 is 5.97 Å². The number of hydrogen-bond donors (Lipinski definition) is 0. The number of aryl methyl sites for hydroxylation is 1. The molecule has 0 aliphatic heterocycles. The molecule has 0 N–H and O–H groups in total. The molecule has 0 spiro atoms. The third-order valence-electron chi connectivity index (χ3n) is 2.64. The highest BCUT2D eigenvalue weighted by Crippen LogP contribution is 2.26. The Labute approximate surface area is 102 Å². The number of carbonyl (C=O) groups is 1. The Morgan fingerprint density at radius 2 is 2.00 bits per heavy atom. The van der Waals surface area contributed by atoms with Crippen LogP contribution in [0.1, 0.15) is 15.9 Å². The summed E-state index contributed by atoms with van der Waals surface area (Å²) in [6.07, 6.45) is 0. The van der Waals surface area contributed by atoms with E-state index in [0.29, 0.717) is 5.56 Å². The first-order valence-electron chi connectivity index (χ1n) is 4.90. The van der Waals surface area contributed by atoms with Gasteiger partial charge in [0, 0.05) is 4.47 Å². The van der Waals surface area contributed by atoms with Crippen LogP contribution in [0.4, 0.5) is 0 Å². The zero-order valence-corrected chi connectivity index (χ0v) is 10.7. The molecule has 0 saturated heterocycles. The first kappa shape index (κ1) is 11.1. The summed E-state index contributed by atoms with van der Waals surface area (Å²) < 4.78 is 5.77. The Balaban J connectivity index is 2.65. The molecule has 2 rings (SSSR count). The molecule has 16 heavy (non-hydrogen) atoms. The summed E-state index contributed by atoms with van der Waals surface area (Å²) in [4.78, 5) is 11.4. The SMILES string of the molecule is COC(=O)c1ccc2c(C)c(Br)ccc2c1. The lowest BCUT2D eigenvalue weighted by atomic mass is 10.0. The Bertz CT molecular complexity index is 561. The number of methoxy groups -OCH3 is 1. The van der Waals surface area contributed by atoms with Gasteiger partial charge in [-0.1, -0.05) is 28.1 Å². The van der Waals surface area contributed by atoms with Crippen LogP contribution in [0.25, 0.3) is 10.8 Å². The second kappa shape index (κ2) is 4.26. The van der Waals surface area contributed by atoms with Crippen molar-refractivity contribution < 1.29 is 9.53 Å². The minimum atomic E-state index is -0.303. The molecule has 0 amide bonds. The van der Waals surface area contributed by atoms with E-state index >= 15 is 0 Å². The fraction of sp³-hybridized carbons (Fsp3) is 0.154. The maximum atomic E-state index is 11.4. The molecule has 0 unspecified atom stereocenters. The lowest BCUT2D eigenvalue weighted by Gasteiger charge is -2.06. The van der Waals surface area contributed by atoms with Crippen molar-refractivity contribution in [2.45, 2.75) is 6.92 Å². The Morgan fingerprint density at radius 1 is 1.25 bits per heavy atom. The second-order valence-electron chi connectivity index (χ2n) is 3.60. The monoisotopic (exact) mass is 278 g/mol. The number of carbonyl (C=O) groups excluding carboxylic acids is 1. The minimum Gasteiger partial charge on any atom is -0.465 e. The molecule has 0 bridgehead atoms. The van der Waals surface area contributed by atoms with Gasteiger partial charge in [-0.3, -0.25) is 0 Å². The van der Waals surface area contributed by atoms with Gasteiger partial charge in [-0.05, 0) is 41.5 Å². The summed E-state index contributed by atoms with van der Waals surface area (Å²) in [5.74, 6) is -0.303. The van der Waals surface area contributed by atoms with Gasteiger partial charge in [-0.2, -0.15) is 0 Å². The van der Waals surface area contributed by atoms with Crippen molar-refractivity contribution in [2.75, 3.05) is 7.11 Å². The van der Waals surface area contributed by atoms with Gasteiger partial charge in [-0.15, -0.1) is 0 Å². The van der Waals surface area contributed by atoms with Gasteiger partial charge in [0.1, 0.15) is 0 Å². The van der Waals surface area contributed by atoms with Crippen LogP contribution < -0.4 is 0 Å². The second-order valence-corrected chi connectivity index (χ2v) is 4.45. The summed E-state index contributed by atoms with van der Waals surface area (Å²) in [6.45, 7) is 2.05. The fourth-order valence-corrected chi connectivity index (χ4v) is 2.05. The maximum absolute atomic E-state index is 11.4. The zero-order valence-electron chi connectivity index (χ0n) is 9.08. The normalized spacial score (nSPS) is 10.4. The van der Waals surface area contributed by atoms with Crippen molar-refractivity contribution >= 4 is 32.7 Å². The van der Waals surface area contributed by atoms with Crippen LogP contribution in [0, 0.1) is 6.92 Å². The van der Waals surface area contributed by atoms with Gasteiger partial charge in [0.15, 0.2) is 0 Å². The van der Waals surface area contributed by atoms with Crippen molar-refractivity contribution in [1.82, 2.24) is 0 Å². The largest absolute Gasteiger partial charge is 0.465 e. The molecular formula is C13H11BrO2. The van der Waals surface area contributed by atoms with E-state index in [1.807, 2.05) is 31.2 Å². The van der Waals surface area contributed by atoms with Gasteiger partial charge in [0.2, 0.25) is 0 Å². The number of rotatable bonds is 1. The molecule has 2 aromatic rings. The van der Waals surface area contributed by atoms with Crippen LogP contribution >= 0.6 is 15.9 Å². The van der Waals surface area contributed by atoms with E-state index in [0.717, 1.165) is 15.2 Å². The first-order valence-corrected chi connectivity index (χ1v) is 5.70. The zero-order chi connectivity index (χ0) is 11.7. The standard InChI is InChI=1S/C13H11BrO2/c1-8-11-5-3-10(13(15)16-2)7-9(11)4-6-12(8)14/h3-7H,1-2H3. The predicted octanol–water partition coefficient (Wildman–Crippen LogP) is 3.70. The predicted molar refractivity (Wildman–Crippen MR) is 67.7 cm³/mol. The van der Waals surface area contributed by atoms with Crippen LogP contribution in [0.3, 0.4) is 0 Å². The summed E-state index contributed by atoms with van der Waals surface area (Å²) in [5.41, 5.74) is 1.76. The highest BCUT2D eigenvalue weighted by atomic mass is 79.9. The lowest BCUT2D eigenvalue weighted by molar-refractivity contribution is 0.0601. The maximum Gasteiger partial charge on any atom is 0.337 e. The number of hydrogen-bond acceptors (Lipinski definition) is 2. The van der Waals surface area contributed by atoms with Gasteiger partial charge < -0.3 is 4.74 Å². The quantitative estimate of drug-likeness (QED) is 0.744. The topological polar surface area (TPSA) is 26.3 Å². The van der Waals surface area contributed by atoms with Gasteiger partial charge in [0.05, 0.1) is 12.7 Å². The number of fused-ring (bicyclic) bond motifs is 1. The molecule has 0 atom stereocenters. The van der Waals surface area contributed by atoms with E-state index in [1.165, 1.54) is 12.7 Å². The van der Waals surface area contributed by atoms with Crippen molar-refractivity contribution in [3.8, 4) is 0 Å². The van der Waals surface area contributed by atoms with Crippen LogP contribution in [0.15, 0.2) is 34.8 Å². The summed E-state index contributed by atoms with van der Waals surface area (Å²) in [6, 6.07) is 9.55. The van der Waals surface area contributed by atoms with Crippen LogP contribution in [0.2, 0.25) is 0 Å². The van der Waals surface area contributed by atoms with Crippen molar-refractivity contribution in [3.05, 3.63) is 45.9 Å². The van der Waals surface area contributed by atoms with Gasteiger partial charge in [-0.25, -0.2) is 4.79 Å². The molecule has 0 heterocycles. The average Bonchev–Trinajstić information content (AvgIpc) is 2.32. The molecule has 0 fully saturated rings. The number of benzene rings is 2. The first-order chi connectivity index (χ1) is 7.63. The number of ether oxygens (including phenoxy) is 1. The molecule has 0 aliphatic carbocycles. The number of halogens is 1. The molecule has 2 aromatic carbocycles. The minimum absolute atomic E-state index is 0.303. The summed E-state index contributed by atoms with van der Waals surface area (Å²) in [5, 5.41) is 2.19. The average molecular weight is 279 g/mol. The van der Waals surface area contributed by atoms with E-state index < -0.39 is 0 Å². The fourth-order valence-electron chi connectivity index (χ4n) is 1.70. The molecule has 0 aliphatic rings. The molecule has 0 saturated carbocycles. The molecule has 82 valence electrons. The highest BCUT2D eigenvalue weighted by Gasteiger charge is 2.07. The molecule has 3 heteroatoms. The van der Waals surface area contributed by atoms with Crippen LogP contribution in [-0.4, -0.2) is 13.1 Å². The third-order valence-corrected chi connectivity index (χ3v) is 3.50. The summed E-state index contributed by atoms with van der Waals surface area (Å²) >= 11 is 3.49. The molecule has 0 radical (unpaired) electrons. The van der Waals surface area contributed by atoms with E-state index in [1.54, 1.807) is 6.07 Å².